The van der Waals surface area contributed by atoms with Crippen molar-refractivity contribution < 1.29 is 17.9 Å². The summed E-state index contributed by atoms with van der Waals surface area (Å²) in [5, 5.41) is 0. The molecule has 2 aliphatic heterocycles. The SMILES string of the molecule is CCCS(=O)(=O)N1CCCCC1C(=O)N1CCOC(c2ccc(Br)cc2)C1. The second-order valence-corrected chi connectivity index (χ2v) is 10.1. The Morgan fingerprint density at radius 2 is 1.96 bits per heavy atom. The second-order valence-electron chi connectivity index (χ2n) is 7.13. The zero-order valence-corrected chi connectivity index (χ0v) is 18.0. The Kier molecular flexibility index (Phi) is 6.94. The standard InChI is InChI=1S/C19H27BrN2O4S/c1-2-13-27(24,25)22-10-4-3-5-17(22)19(23)21-11-12-26-18(14-21)15-6-8-16(20)9-7-15/h6-9,17-18H,2-5,10-14H2,1H3. The lowest BCUT2D eigenvalue weighted by molar-refractivity contribution is -0.144. The van der Waals surface area contributed by atoms with Gasteiger partial charge in [-0.05, 0) is 37.0 Å². The molecule has 27 heavy (non-hydrogen) atoms. The predicted octanol–water partition coefficient (Wildman–Crippen LogP) is 2.94. The van der Waals surface area contributed by atoms with E-state index in [2.05, 4.69) is 15.9 Å². The van der Waals surface area contributed by atoms with Crippen molar-refractivity contribution in [1.29, 1.82) is 0 Å². The minimum atomic E-state index is -3.39. The third kappa shape index (κ3) is 4.91. The van der Waals surface area contributed by atoms with Crippen molar-refractivity contribution in [3.8, 4) is 0 Å². The predicted molar refractivity (Wildman–Crippen MR) is 108 cm³/mol. The zero-order valence-electron chi connectivity index (χ0n) is 15.6. The van der Waals surface area contributed by atoms with E-state index in [4.69, 9.17) is 4.74 Å². The Hall–Kier alpha value is -0.960. The molecule has 2 unspecified atom stereocenters. The number of sulfonamides is 1. The lowest BCUT2D eigenvalue weighted by Crippen LogP contribution is -2.55. The lowest BCUT2D eigenvalue weighted by atomic mass is 10.0. The number of benzene rings is 1. The van der Waals surface area contributed by atoms with E-state index in [0.717, 1.165) is 22.9 Å². The van der Waals surface area contributed by atoms with Crippen LogP contribution in [-0.2, 0) is 19.6 Å². The molecule has 3 rings (SSSR count). The van der Waals surface area contributed by atoms with Gasteiger partial charge in [-0.3, -0.25) is 4.79 Å². The van der Waals surface area contributed by atoms with Crippen molar-refractivity contribution in [2.75, 3.05) is 32.0 Å². The molecule has 2 aliphatic rings. The second kappa shape index (κ2) is 9.03. The summed E-state index contributed by atoms with van der Waals surface area (Å²) in [7, 11) is -3.39. The normalized spacial score (nSPS) is 24.7. The summed E-state index contributed by atoms with van der Waals surface area (Å²) in [6, 6.07) is 7.32. The van der Waals surface area contributed by atoms with Gasteiger partial charge in [-0.1, -0.05) is 41.4 Å². The molecule has 0 N–H and O–H groups in total. The average Bonchev–Trinajstić information content (AvgIpc) is 2.68. The van der Waals surface area contributed by atoms with E-state index in [1.54, 1.807) is 4.90 Å². The molecule has 0 aliphatic carbocycles. The van der Waals surface area contributed by atoms with Crippen LogP contribution in [0.25, 0.3) is 0 Å². The molecule has 150 valence electrons. The van der Waals surface area contributed by atoms with Crippen LogP contribution >= 0.6 is 15.9 Å². The van der Waals surface area contributed by atoms with Crippen molar-refractivity contribution >= 4 is 31.9 Å². The maximum Gasteiger partial charge on any atom is 0.241 e. The Morgan fingerprint density at radius 3 is 2.67 bits per heavy atom. The van der Waals surface area contributed by atoms with E-state index in [0.29, 0.717) is 39.1 Å². The Morgan fingerprint density at radius 1 is 1.22 bits per heavy atom. The average molecular weight is 459 g/mol. The fourth-order valence-corrected chi connectivity index (χ4v) is 5.80. The number of amides is 1. The molecular formula is C19H27BrN2O4S. The topological polar surface area (TPSA) is 66.9 Å². The van der Waals surface area contributed by atoms with Crippen molar-refractivity contribution in [3.05, 3.63) is 34.3 Å². The van der Waals surface area contributed by atoms with E-state index in [9.17, 15) is 13.2 Å². The van der Waals surface area contributed by atoms with Crippen molar-refractivity contribution in [2.45, 2.75) is 44.8 Å². The quantitative estimate of drug-likeness (QED) is 0.679. The highest BCUT2D eigenvalue weighted by atomic mass is 79.9. The molecule has 0 radical (unpaired) electrons. The van der Waals surface area contributed by atoms with Crippen LogP contribution in [-0.4, -0.2) is 61.6 Å². The largest absolute Gasteiger partial charge is 0.370 e. The molecule has 2 heterocycles. The van der Waals surface area contributed by atoms with Gasteiger partial charge in [-0.2, -0.15) is 4.31 Å². The van der Waals surface area contributed by atoms with E-state index < -0.39 is 16.1 Å². The van der Waals surface area contributed by atoms with E-state index in [-0.39, 0.29) is 17.8 Å². The van der Waals surface area contributed by atoms with Gasteiger partial charge in [0.1, 0.15) is 12.1 Å². The maximum absolute atomic E-state index is 13.2. The molecule has 1 aromatic rings. The number of hydrogen-bond acceptors (Lipinski definition) is 4. The first-order chi connectivity index (χ1) is 12.9. The van der Waals surface area contributed by atoms with Crippen LogP contribution in [0.3, 0.4) is 0 Å². The van der Waals surface area contributed by atoms with Crippen LogP contribution in [0.4, 0.5) is 0 Å². The number of halogens is 1. The summed E-state index contributed by atoms with van der Waals surface area (Å²) in [5.74, 6) is 0.0151. The molecule has 0 bridgehead atoms. The molecule has 2 saturated heterocycles. The van der Waals surface area contributed by atoms with Crippen LogP contribution in [0, 0.1) is 0 Å². The summed E-state index contributed by atoms with van der Waals surface area (Å²) in [5.41, 5.74) is 1.02. The first-order valence-corrected chi connectivity index (χ1v) is 12.0. The van der Waals surface area contributed by atoms with Gasteiger partial charge < -0.3 is 9.64 Å². The van der Waals surface area contributed by atoms with Gasteiger partial charge >= 0.3 is 0 Å². The highest BCUT2D eigenvalue weighted by Gasteiger charge is 2.39. The third-order valence-electron chi connectivity index (χ3n) is 5.18. The molecular weight excluding hydrogens is 432 g/mol. The molecule has 2 fully saturated rings. The Balaban J connectivity index is 1.74. The van der Waals surface area contributed by atoms with Crippen LogP contribution in [0.5, 0.6) is 0 Å². The Bertz CT molecular complexity index is 753. The van der Waals surface area contributed by atoms with Gasteiger partial charge in [0.25, 0.3) is 0 Å². The van der Waals surface area contributed by atoms with Gasteiger partial charge in [-0.15, -0.1) is 0 Å². The number of hydrogen-bond donors (Lipinski definition) is 0. The highest BCUT2D eigenvalue weighted by molar-refractivity contribution is 9.10. The van der Waals surface area contributed by atoms with Gasteiger partial charge in [0.05, 0.1) is 18.9 Å². The molecule has 6 nitrogen and oxygen atoms in total. The van der Waals surface area contributed by atoms with Crippen LogP contribution in [0.1, 0.15) is 44.3 Å². The summed E-state index contributed by atoms with van der Waals surface area (Å²) in [4.78, 5) is 15.0. The number of ether oxygens (including phenoxy) is 1. The van der Waals surface area contributed by atoms with E-state index >= 15 is 0 Å². The molecule has 8 heteroatoms. The summed E-state index contributed by atoms with van der Waals surface area (Å²) in [6.45, 7) is 3.71. The van der Waals surface area contributed by atoms with Gasteiger partial charge in [0.2, 0.25) is 15.9 Å². The maximum atomic E-state index is 13.2. The molecule has 0 saturated carbocycles. The van der Waals surface area contributed by atoms with Gasteiger partial charge in [-0.25, -0.2) is 8.42 Å². The summed E-state index contributed by atoms with van der Waals surface area (Å²) >= 11 is 3.43. The number of nitrogens with zero attached hydrogens (tertiary/aromatic N) is 2. The number of morpholine rings is 1. The molecule has 0 spiro atoms. The molecule has 0 aromatic heterocycles. The Labute approximate surface area is 170 Å². The fraction of sp³-hybridized carbons (Fsp3) is 0.632. The van der Waals surface area contributed by atoms with Crippen molar-refractivity contribution in [3.63, 3.8) is 0 Å². The molecule has 2 atom stereocenters. The highest BCUT2D eigenvalue weighted by Crippen LogP contribution is 2.27. The van der Waals surface area contributed by atoms with Crippen molar-refractivity contribution in [1.82, 2.24) is 9.21 Å². The van der Waals surface area contributed by atoms with Gasteiger partial charge in [0.15, 0.2) is 0 Å². The fourth-order valence-electron chi connectivity index (χ4n) is 3.80. The number of carbonyl (C=O) groups excluding carboxylic acids is 1. The van der Waals surface area contributed by atoms with E-state index in [1.165, 1.54) is 4.31 Å². The smallest absolute Gasteiger partial charge is 0.241 e. The molecule has 1 amide bonds. The van der Waals surface area contributed by atoms with Crippen LogP contribution in [0.2, 0.25) is 0 Å². The van der Waals surface area contributed by atoms with Crippen LogP contribution < -0.4 is 0 Å². The third-order valence-corrected chi connectivity index (χ3v) is 7.78. The number of rotatable bonds is 5. The first-order valence-electron chi connectivity index (χ1n) is 9.57. The first kappa shape index (κ1) is 20.8. The number of piperidine rings is 1. The van der Waals surface area contributed by atoms with E-state index in [1.807, 2.05) is 31.2 Å². The van der Waals surface area contributed by atoms with Gasteiger partial charge in [0, 0.05) is 17.6 Å². The van der Waals surface area contributed by atoms with Crippen LogP contribution in [0.15, 0.2) is 28.7 Å². The minimum absolute atomic E-state index is 0.0835. The summed E-state index contributed by atoms with van der Waals surface area (Å²) in [6.07, 6.45) is 2.68. The minimum Gasteiger partial charge on any atom is -0.370 e. The molecule has 1 aromatic carbocycles. The lowest BCUT2D eigenvalue weighted by Gasteiger charge is -2.39. The van der Waals surface area contributed by atoms with Crippen molar-refractivity contribution in [2.24, 2.45) is 0 Å². The summed E-state index contributed by atoms with van der Waals surface area (Å²) < 4.78 is 33.6. The zero-order chi connectivity index (χ0) is 19.4. The number of carbonyl (C=O) groups is 1. The monoisotopic (exact) mass is 458 g/mol.